The predicted molar refractivity (Wildman–Crippen MR) is 119 cm³/mol. The molecule has 3 rings (SSSR count). The van der Waals surface area contributed by atoms with Crippen LogP contribution in [0, 0.1) is 0 Å². The van der Waals surface area contributed by atoms with E-state index in [9.17, 15) is 9.59 Å². The average Bonchev–Trinajstić information content (AvgIpc) is 3.16. The van der Waals surface area contributed by atoms with Crippen molar-refractivity contribution in [3.8, 4) is 5.75 Å². The molecule has 0 fully saturated rings. The molecule has 0 spiro atoms. The number of carbonyl (C=O) groups excluding carboxylic acids is 2. The Morgan fingerprint density at radius 2 is 1.77 bits per heavy atom. The zero-order valence-corrected chi connectivity index (χ0v) is 18.3. The molecule has 1 aromatic heterocycles. The molecule has 0 bridgehead atoms. The summed E-state index contributed by atoms with van der Waals surface area (Å²) in [5.74, 6) is -0.216. The summed E-state index contributed by atoms with van der Waals surface area (Å²) in [7, 11) is 0. The molecule has 31 heavy (non-hydrogen) atoms. The molecule has 0 radical (unpaired) electrons. The maximum atomic E-state index is 12.7. The van der Waals surface area contributed by atoms with Crippen molar-refractivity contribution in [2.45, 2.75) is 40.0 Å². The number of rotatable bonds is 8. The van der Waals surface area contributed by atoms with Gasteiger partial charge in [-0.15, -0.1) is 0 Å². The second-order valence-electron chi connectivity index (χ2n) is 7.09. The van der Waals surface area contributed by atoms with Crippen molar-refractivity contribution in [1.82, 2.24) is 9.78 Å². The number of amides is 1. The summed E-state index contributed by atoms with van der Waals surface area (Å²) < 4.78 is 12.5. The van der Waals surface area contributed by atoms with Crippen molar-refractivity contribution >= 4 is 29.2 Å². The molecule has 2 aromatic carbocycles. The molecule has 0 atom stereocenters. The lowest BCUT2D eigenvalue weighted by atomic mass is 10.1. The van der Waals surface area contributed by atoms with Crippen molar-refractivity contribution in [3.05, 3.63) is 76.6 Å². The lowest BCUT2D eigenvalue weighted by molar-refractivity contribution is 0.0371. The molecule has 0 aliphatic carbocycles. The average molecular weight is 442 g/mol. The number of hydrogen-bond acceptors (Lipinski definition) is 5. The highest BCUT2D eigenvalue weighted by atomic mass is 35.5. The first-order valence-electron chi connectivity index (χ1n) is 9.92. The van der Waals surface area contributed by atoms with E-state index in [0.29, 0.717) is 35.2 Å². The molecule has 7 nitrogen and oxygen atoms in total. The second kappa shape index (κ2) is 10.1. The Balaban J connectivity index is 1.66. The van der Waals surface area contributed by atoms with Crippen molar-refractivity contribution in [1.29, 1.82) is 0 Å². The summed E-state index contributed by atoms with van der Waals surface area (Å²) in [5, 5.41) is 7.60. The Kier molecular flexibility index (Phi) is 7.31. The Hall–Kier alpha value is -3.32. The molecule has 0 aliphatic rings. The van der Waals surface area contributed by atoms with Gasteiger partial charge in [0.05, 0.1) is 11.8 Å². The van der Waals surface area contributed by atoms with E-state index in [0.717, 1.165) is 5.56 Å². The van der Waals surface area contributed by atoms with Crippen LogP contribution in [0.4, 0.5) is 5.69 Å². The number of aromatic nitrogens is 2. The van der Waals surface area contributed by atoms with Gasteiger partial charge in [-0.3, -0.25) is 9.48 Å². The standard InChI is InChI=1S/C23H24ClN3O4/c1-4-27-13-20(21(26-27)23(29)31-15(2)3)25-22(28)17-7-5-16(6-8-17)14-30-19-11-9-18(24)10-12-19/h5-13,15H,4,14H2,1-3H3,(H,25,28). The number of aryl methyl sites for hydroxylation is 1. The van der Waals surface area contributed by atoms with Crippen LogP contribution in [0.2, 0.25) is 5.02 Å². The van der Waals surface area contributed by atoms with Crippen LogP contribution in [0.5, 0.6) is 5.75 Å². The number of halogens is 1. The Morgan fingerprint density at radius 3 is 2.39 bits per heavy atom. The van der Waals surface area contributed by atoms with Gasteiger partial charge >= 0.3 is 5.97 Å². The van der Waals surface area contributed by atoms with Gasteiger partial charge in [0.2, 0.25) is 0 Å². The predicted octanol–water partition coefficient (Wildman–Crippen LogP) is 4.95. The number of nitrogens with one attached hydrogen (secondary N) is 1. The van der Waals surface area contributed by atoms with Gasteiger partial charge in [0.25, 0.3) is 5.91 Å². The summed E-state index contributed by atoms with van der Waals surface area (Å²) in [4.78, 5) is 25.0. The fourth-order valence-electron chi connectivity index (χ4n) is 2.74. The molecule has 1 N–H and O–H groups in total. The zero-order chi connectivity index (χ0) is 22.4. The van der Waals surface area contributed by atoms with Gasteiger partial charge < -0.3 is 14.8 Å². The Morgan fingerprint density at radius 1 is 1.10 bits per heavy atom. The molecule has 1 heterocycles. The molecule has 0 saturated carbocycles. The van der Waals surface area contributed by atoms with E-state index in [-0.39, 0.29) is 17.7 Å². The number of esters is 1. The highest BCUT2D eigenvalue weighted by Gasteiger charge is 2.21. The van der Waals surface area contributed by atoms with Gasteiger partial charge in [0.15, 0.2) is 5.69 Å². The number of anilines is 1. The summed E-state index contributed by atoms with van der Waals surface area (Å²) in [5.41, 5.74) is 1.75. The lowest BCUT2D eigenvalue weighted by Gasteiger charge is -2.09. The maximum Gasteiger partial charge on any atom is 0.361 e. The molecule has 0 aliphatic heterocycles. The third kappa shape index (κ3) is 6.08. The van der Waals surface area contributed by atoms with E-state index >= 15 is 0 Å². The van der Waals surface area contributed by atoms with Crippen LogP contribution in [0.15, 0.2) is 54.7 Å². The van der Waals surface area contributed by atoms with Crippen LogP contribution in [0.3, 0.4) is 0 Å². The molecule has 0 saturated heterocycles. The van der Waals surface area contributed by atoms with E-state index < -0.39 is 5.97 Å². The van der Waals surface area contributed by atoms with Crippen LogP contribution in [0.25, 0.3) is 0 Å². The van der Waals surface area contributed by atoms with Crippen molar-refractivity contribution in [2.24, 2.45) is 0 Å². The highest BCUT2D eigenvalue weighted by Crippen LogP contribution is 2.19. The van der Waals surface area contributed by atoms with Gasteiger partial charge in [-0.25, -0.2) is 4.79 Å². The smallest absolute Gasteiger partial charge is 0.361 e. The number of carbonyl (C=O) groups is 2. The minimum atomic E-state index is -0.577. The van der Waals surface area contributed by atoms with Crippen LogP contribution in [0.1, 0.15) is 47.2 Å². The first kappa shape index (κ1) is 22.4. The van der Waals surface area contributed by atoms with Crippen LogP contribution in [-0.4, -0.2) is 27.8 Å². The molecule has 1 amide bonds. The molecular formula is C23H24ClN3O4. The molecule has 3 aromatic rings. The quantitative estimate of drug-likeness (QED) is 0.500. The van der Waals surface area contributed by atoms with E-state index in [1.54, 1.807) is 61.1 Å². The van der Waals surface area contributed by atoms with Gasteiger partial charge in [-0.1, -0.05) is 23.7 Å². The number of hydrogen-bond donors (Lipinski definition) is 1. The van der Waals surface area contributed by atoms with Crippen LogP contribution < -0.4 is 10.1 Å². The summed E-state index contributed by atoms with van der Waals surface area (Å²) in [6.07, 6.45) is 1.33. The first-order chi connectivity index (χ1) is 14.9. The fraction of sp³-hybridized carbons (Fsp3) is 0.261. The van der Waals surface area contributed by atoms with Gasteiger partial charge in [0.1, 0.15) is 12.4 Å². The summed E-state index contributed by atoms with van der Waals surface area (Å²) in [6, 6.07) is 14.1. The van der Waals surface area contributed by atoms with Gasteiger partial charge in [-0.05, 0) is 62.7 Å². The SMILES string of the molecule is CCn1cc(NC(=O)c2ccc(COc3ccc(Cl)cc3)cc2)c(C(=O)OC(C)C)n1. The monoisotopic (exact) mass is 441 g/mol. The molecule has 162 valence electrons. The molecule has 8 heteroatoms. The lowest BCUT2D eigenvalue weighted by Crippen LogP contribution is -2.17. The van der Waals surface area contributed by atoms with E-state index in [4.69, 9.17) is 21.1 Å². The van der Waals surface area contributed by atoms with E-state index in [1.807, 2.05) is 19.1 Å². The number of ether oxygens (including phenoxy) is 2. The first-order valence-corrected chi connectivity index (χ1v) is 10.3. The largest absolute Gasteiger partial charge is 0.489 e. The minimum absolute atomic E-state index is 0.0804. The van der Waals surface area contributed by atoms with Gasteiger partial charge in [-0.2, -0.15) is 5.10 Å². The zero-order valence-electron chi connectivity index (χ0n) is 17.6. The summed E-state index contributed by atoms with van der Waals surface area (Å²) >= 11 is 5.87. The third-order valence-electron chi connectivity index (χ3n) is 4.31. The Bertz CT molecular complexity index is 1040. The Labute approximate surface area is 185 Å². The highest BCUT2D eigenvalue weighted by molar-refractivity contribution is 6.30. The third-order valence-corrected chi connectivity index (χ3v) is 4.56. The van der Waals surface area contributed by atoms with Crippen LogP contribution >= 0.6 is 11.6 Å². The topological polar surface area (TPSA) is 82.5 Å². The molecule has 0 unspecified atom stereocenters. The van der Waals surface area contributed by atoms with E-state index in [1.165, 1.54) is 0 Å². The van der Waals surface area contributed by atoms with E-state index in [2.05, 4.69) is 10.4 Å². The van der Waals surface area contributed by atoms with Gasteiger partial charge in [0, 0.05) is 23.3 Å². The number of nitrogens with zero attached hydrogens (tertiary/aromatic N) is 2. The normalized spacial score (nSPS) is 10.7. The van der Waals surface area contributed by atoms with Crippen molar-refractivity contribution < 1.29 is 19.1 Å². The second-order valence-corrected chi connectivity index (χ2v) is 7.53. The van der Waals surface area contributed by atoms with Crippen molar-refractivity contribution in [2.75, 3.05) is 5.32 Å². The summed E-state index contributed by atoms with van der Waals surface area (Å²) in [6.45, 7) is 6.31. The van der Waals surface area contributed by atoms with Crippen LogP contribution in [-0.2, 0) is 17.9 Å². The molecular weight excluding hydrogens is 418 g/mol. The van der Waals surface area contributed by atoms with Crippen molar-refractivity contribution in [3.63, 3.8) is 0 Å². The number of benzene rings is 2. The minimum Gasteiger partial charge on any atom is -0.489 e. The fourth-order valence-corrected chi connectivity index (χ4v) is 2.87. The maximum absolute atomic E-state index is 12.7.